The number of hydrogen-bond donors (Lipinski definition) is 3. The normalized spacial score (nSPS) is 10.3. The Labute approximate surface area is 120 Å². The second kappa shape index (κ2) is 6.04. The first-order valence-electron chi connectivity index (χ1n) is 6.27. The van der Waals surface area contributed by atoms with Crippen LogP contribution in [0.25, 0.3) is 0 Å². The molecule has 1 heterocycles. The van der Waals surface area contributed by atoms with Crippen LogP contribution >= 0.6 is 0 Å². The lowest BCUT2D eigenvalue weighted by atomic mass is 10.0. The van der Waals surface area contributed by atoms with E-state index < -0.39 is 24.0 Å². The second-order valence-corrected chi connectivity index (χ2v) is 4.62. The first-order valence-corrected chi connectivity index (χ1v) is 6.27. The molecule has 0 unspecified atom stereocenters. The summed E-state index contributed by atoms with van der Waals surface area (Å²) in [5.41, 5.74) is 8.18. The quantitative estimate of drug-likeness (QED) is 0.321. The van der Waals surface area contributed by atoms with Crippen molar-refractivity contribution in [3.63, 3.8) is 0 Å². The molecule has 2 aromatic rings. The summed E-state index contributed by atoms with van der Waals surface area (Å²) in [6, 6.07) is 8.74. The molecule has 6 nitrogen and oxygen atoms in total. The van der Waals surface area contributed by atoms with Gasteiger partial charge in [0.25, 0.3) is 0 Å². The molecule has 4 N–H and O–H groups in total. The fraction of sp³-hybridized carbons (Fsp3) is 0.133. The van der Waals surface area contributed by atoms with Gasteiger partial charge in [0.05, 0.1) is 6.42 Å². The highest BCUT2D eigenvalue weighted by Crippen LogP contribution is 2.16. The van der Waals surface area contributed by atoms with Crippen molar-refractivity contribution < 1.29 is 19.5 Å². The van der Waals surface area contributed by atoms with E-state index in [1.54, 1.807) is 24.4 Å². The van der Waals surface area contributed by atoms with E-state index in [2.05, 4.69) is 4.98 Å². The van der Waals surface area contributed by atoms with Gasteiger partial charge in [0.15, 0.2) is 5.78 Å². The summed E-state index contributed by atoms with van der Waals surface area (Å²) >= 11 is 0. The van der Waals surface area contributed by atoms with Crippen LogP contribution < -0.4 is 5.73 Å². The highest BCUT2D eigenvalue weighted by molar-refractivity contribution is 6.37. The fourth-order valence-corrected chi connectivity index (χ4v) is 1.97. The van der Waals surface area contributed by atoms with Gasteiger partial charge in [-0.05, 0) is 23.8 Å². The summed E-state index contributed by atoms with van der Waals surface area (Å²) in [7, 11) is 0. The maximum absolute atomic E-state index is 12.0. The molecule has 0 radical (unpaired) electrons. The number of ketones is 2. The Morgan fingerprint density at radius 2 is 1.76 bits per heavy atom. The Bertz CT molecular complexity index is 686. The first kappa shape index (κ1) is 14.5. The number of carbonyl (C=O) groups is 3. The zero-order valence-corrected chi connectivity index (χ0v) is 11.1. The molecule has 0 aliphatic carbocycles. The smallest absolute Gasteiger partial charge is 0.372 e. The third-order valence-electron chi connectivity index (χ3n) is 3.05. The summed E-state index contributed by atoms with van der Waals surface area (Å²) in [4.78, 5) is 36.5. The van der Waals surface area contributed by atoms with Gasteiger partial charge in [-0.3, -0.25) is 9.59 Å². The third-order valence-corrected chi connectivity index (χ3v) is 3.05. The molecule has 0 aliphatic heterocycles. The number of nitrogens with two attached hydrogens (primary N) is 1. The molecule has 0 amide bonds. The lowest BCUT2D eigenvalue weighted by Crippen LogP contribution is -2.17. The molecule has 0 fully saturated rings. The Kier molecular flexibility index (Phi) is 4.18. The number of carboxylic acid groups (broad SMARTS) is 1. The van der Waals surface area contributed by atoms with E-state index in [0.29, 0.717) is 23.4 Å². The lowest BCUT2D eigenvalue weighted by Gasteiger charge is -2.04. The van der Waals surface area contributed by atoms with Crippen LogP contribution in [0.1, 0.15) is 28.0 Å². The molecular weight excluding hydrogens is 272 g/mol. The van der Waals surface area contributed by atoms with Crippen LogP contribution in [0.4, 0.5) is 5.69 Å². The van der Waals surface area contributed by atoms with Crippen LogP contribution in [0.5, 0.6) is 0 Å². The second-order valence-electron chi connectivity index (χ2n) is 4.62. The standard InChI is InChI=1S/C15H14N2O4/c16-10-3-1-9(2-4-10)7-12-11(5-6-17-12)13(18)8-14(19)15(20)21/h1-6,17H,7-8,16H2,(H,20,21). The van der Waals surface area contributed by atoms with E-state index >= 15 is 0 Å². The van der Waals surface area contributed by atoms with Crippen molar-refractivity contribution in [2.75, 3.05) is 5.73 Å². The number of aromatic amines is 1. The largest absolute Gasteiger partial charge is 0.475 e. The van der Waals surface area contributed by atoms with Gasteiger partial charge in [-0.2, -0.15) is 0 Å². The molecular formula is C15H14N2O4. The number of aliphatic carboxylic acids is 1. The number of benzene rings is 1. The Morgan fingerprint density at radius 1 is 1.10 bits per heavy atom. The molecule has 1 aromatic heterocycles. The number of rotatable bonds is 6. The zero-order chi connectivity index (χ0) is 15.4. The van der Waals surface area contributed by atoms with Crippen molar-refractivity contribution in [1.29, 1.82) is 0 Å². The lowest BCUT2D eigenvalue weighted by molar-refractivity contribution is -0.148. The van der Waals surface area contributed by atoms with Crippen molar-refractivity contribution in [3.8, 4) is 0 Å². The molecule has 0 saturated heterocycles. The maximum atomic E-state index is 12.0. The number of hydrogen-bond acceptors (Lipinski definition) is 4. The molecule has 2 rings (SSSR count). The number of nitrogens with one attached hydrogen (secondary N) is 1. The summed E-state index contributed by atoms with van der Waals surface area (Å²) < 4.78 is 0. The molecule has 0 bridgehead atoms. The molecule has 108 valence electrons. The summed E-state index contributed by atoms with van der Waals surface area (Å²) in [6.07, 6.45) is 1.42. The Morgan fingerprint density at radius 3 is 2.38 bits per heavy atom. The first-order chi connectivity index (χ1) is 9.97. The summed E-state index contributed by atoms with van der Waals surface area (Å²) in [5.74, 6) is -3.22. The van der Waals surface area contributed by atoms with Crippen molar-refractivity contribution in [2.45, 2.75) is 12.8 Å². The van der Waals surface area contributed by atoms with Crippen molar-refractivity contribution in [2.24, 2.45) is 0 Å². The Balaban J connectivity index is 2.14. The SMILES string of the molecule is Nc1ccc(Cc2[nH]ccc2C(=O)CC(=O)C(=O)O)cc1. The van der Waals surface area contributed by atoms with Gasteiger partial charge in [-0.25, -0.2) is 4.79 Å². The van der Waals surface area contributed by atoms with Crippen LogP contribution in [0.3, 0.4) is 0 Å². The molecule has 0 spiro atoms. The molecule has 0 saturated carbocycles. The topological polar surface area (TPSA) is 113 Å². The Hall–Kier alpha value is -2.89. The number of carbonyl (C=O) groups excluding carboxylic acids is 2. The van der Waals surface area contributed by atoms with E-state index in [4.69, 9.17) is 10.8 Å². The van der Waals surface area contributed by atoms with Gasteiger partial charge < -0.3 is 15.8 Å². The average Bonchev–Trinajstić information content (AvgIpc) is 2.89. The van der Waals surface area contributed by atoms with Crippen LogP contribution in [0.15, 0.2) is 36.5 Å². The number of Topliss-reactive ketones (excluding diaryl/α,β-unsaturated/α-hetero) is 2. The van der Waals surface area contributed by atoms with E-state index in [1.165, 1.54) is 0 Å². The van der Waals surface area contributed by atoms with Crippen LogP contribution in [-0.4, -0.2) is 27.6 Å². The monoisotopic (exact) mass is 286 g/mol. The van der Waals surface area contributed by atoms with E-state index in [0.717, 1.165) is 5.56 Å². The summed E-state index contributed by atoms with van der Waals surface area (Å²) in [5, 5.41) is 8.54. The highest BCUT2D eigenvalue weighted by Gasteiger charge is 2.20. The van der Waals surface area contributed by atoms with Gasteiger partial charge in [0, 0.05) is 29.6 Å². The third kappa shape index (κ3) is 3.56. The van der Waals surface area contributed by atoms with E-state index in [9.17, 15) is 14.4 Å². The maximum Gasteiger partial charge on any atom is 0.372 e. The van der Waals surface area contributed by atoms with Crippen molar-refractivity contribution in [1.82, 2.24) is 4.98 Å². The predicted octanol–water partition coefficient (Wildman–Crippen LogP) is 1.41. The van der Waals surface area contributed by atoms with E-state index in [1.807, 2.05) is 12.1 Å². The van der Waals surface area contributed by atoms with Gasteiger partial charge >= 0.3 is 5.97 Å². The van der Waals surface area contributed by atoms with Crippen molar-refractivity contribution in [3.05, 3.63) is 53.3 Å². The van der Waals surface area contributed by atoms with Gasteiger partial charge in [-0.1, -0.05) is 12.1 Å². The molecule has 21 heavy (non-hydrogen) atoms. The zero-order valence-electron chi connectivity index (χ0n) is 11.1. The van der Waals surface area contributed by atoms with Gasteiger partial charge in [0.1, 0.15) is 0 Å². The minimum atomic E-state index is -1.60. The number of nitrogen functional groups attached to an aromatic ring is 1. The average molecular weight is 286 g/mol. The highest BCUT2D eigenvalue weighted by atomic mass is 16.4. The van der Waals surface area contributed by atoms with Crippen molar-refractivity contribution >= 4 is 23.2 Å². The predicted molar refractivity (Wildman–Crippen MR) is 76.0 cm³/mol. The van der Waals surface area contributed by atoms with Gasteiger partial charge in [0.2, 0.25) is 5.78 Å². The van der Waals surface area contributed by atoms with Gasteiger partial charge in [-0.15, -0.1) is 0 Å². The van der Waals surface area contributed by atoms with Crippen LogP contribution in [-0.2, 0) is 16.0 Å². The fourth-order valence-electron chi connectivity index (χ4n) is 1.97. The number of carboxylic acids is 1. The molecule has 6 heteroatoms. The summed E-state index contributed by atoms with van der Waals surface area (Å²) in [6.45, 7) is 0. The molecule has 0 atom stereocenters. The molecule has 0 aliphatic rings. The number of H-pyrrole nitrogens is 1. The van der Waals surface area contributed by atoms with Crippen LogP contribution in [0.2, 0.25) is 0 Å². The minimum absolute atomic E-state index is 0.335. The number of aromatic nitrogens is 1. The van der Waals surface area contributed by atoms with E-state index in [-0.39, 0.29) is 0 Å². The minimum Gasteiger partial charge on any atom is -0.475 e. The molecule has 1 aromatic carbocycles. The number of anilines is 1. The van der Waals surface area contributed by atoms with Crippen LogP contribution in [0, 0.1) is 0 Å².